The standard InChI is InChI=1S/C16H26N2O/c1-11-8-12(2)10-15(9-11)19-16(13(3)17)14-4-6-18-7-5-14/h4-7,11-13,15-16H,8-10,17H2,1-3H3. The molecule has 3 nitrogen and oxygen atoms in total. The van der Waals surface area contributed by atoms with Gasteiger partial charge in [0.25, 0.3) is 0 Å². The van der Waals surface area contributed by atoms with Crippen LogP contribution in [0, 0.1) is 11.8 Å². The number of rotatable bonds is 4. The van der Waals surface area contributed by atoms with Crippen LogP contribution in [0.3, 0.4) is 0 Å². The van der Waals surface area contributed by atoms with Gasteiger partial charge in [0.2, 0.25) is 0 Å². The van der Waals surface area contributed by atoms with Gasteiger partial charge < -0.3 is 10.5 Å². The van der Waals surface area contributed by atoms with Gasteiger partial charge in [-0.25, -0.2) is 0 Å². The van der Waals surface area contributed by atoms with Crippen LogP contribution in [0.1, 0.15) is 51.7 Å². The molecule has 106 valence electrons. The van der Waals surface area contributed by atoms with Crippen LogP contribution in [0.4, 0.5) is 0 Å². The fraction of sp³-hybridized carbons (Fsp3) is 0.688. The first-order valence-electron chi connectivity index (χ1n) is 7.37. The van der Waals surface area contributed by atoms with E-state index in [4.69, 9.17) is 10.5 Å². The molecule has 1 heterocycles. The van der Waals surface area contributed by atoms with E-state index in [9.17, 15) is 0 Å². The summed E-state index contributed by atoms with van der Waals surface area (Å²) < 4.78 is 6.33. The first-order valence-corrected chi connectivity index (χ1v) is 7.37. The summed E-state index contributed by atoms with van der Waals surface area (Å²) in [4.78, 5) is 4.06. The molecule has 1 aliphatic carbocycles. The fourth-order valence-electron chi connectivity index (χ4n) is 3.25. The van der Waals surface area contributed by atoms with Crippen LogP contribution in [0.2, 0.25) is 0 Å². The fourth-order valence-corrected chi connectivity index (χ4v) is 3.25. The van der Waals surface area contributed by atoms with E-state index in [1.54, 1.807) is 12.4 Å². The van der Waals surface area contributed by atoms with Gasteiger partial charge in [-0.05, 0) is 55.7 Å². The van der Waals surface area contributed by atoms with Crippen LogP contribution in [0.25, 0.3) is 0 Å². The van der Waals surface area contributed by atoms with Gasteiger partial charge >= 0.3 is 0 Å². The average Bonchev–Trinajstić information content (AvgIpc) is 2.35. The average molecular weight is 262 g/mol. The molecule has 4 unspecified atom stereocenters. The van der Waals surface area contributed by atoms with E-state index in [0.29, 0.717) is 6.10 Å². The number of hydrogen-bond donors (Lipinski definition) is 1. The van der Waals surface area contributed by atoms with Crippen LogP contribution >= 0.6 is 0 Å². The maximum Gasteiger partial charge on any atom is 0.0977 e. The minimum atomic E-state index is -0.0227. The Morgan fingerprint density at radius 1 is 1.16 bits per heavy atom. The highest BCUT2D eigenvalue weighted by molar-refractivity contribution is 5.15. The minimum Gasteiger partial charge on any atom is -0.369 e. The van der Waals surface area contributed by atoms with Crippen molar-refractivity contribution in [3.8, 4) is 0 Å². The minimum absolute atomic E-state index is 0.00469. The number of nitrogens with zero attached hydrogens (tertiary/aromatic N) is 1. The third kappa shape index (κ3) is 4.02. The van der Waals surface area contributed by atoms with E-state index in [2.05, 4.69) is 18.8 Å². The van der Waals surface area contributed by atoms with Gasteiger partial charge in [-0.3, -0.25) is 4.98 Å². The molecule has 1 aromatic rings. The summed E-state index contributed by atoms with van der Waals surface area (Å²) in [5.74, 6) is 1.50. The summed E-state index contributed by atoms with van der Waals surface area (Å²) in [6.45, 7) is 6.65. The molecule has 1 fully saturated rings. The summed E-state index contributed by atoms with van der Waals surface area (Å²) in [5, 5.41) is 0. The highest BCUT2D eigenvalue weighted by atomic mass is 16.5. The molecule has 4 atom stereocenters. The highest BCUT2D eigenvalue weighted by Gasteiger charge is 2.28. The Morgan fingerprint density at radius 2 is 1.74 bits per heavy atom. The van der Waals surface area contributed by atoms with Crippen LogP contribution in [0.15, 0.2) is 24.5 Å². The molecule has 0 aliphatic heterocycles. The molecule has 2 rings (SSSR count). The predicted molar refractivity (Wildman–Crippen MR) is 77.7 cm³/mol. The zero-order chi connectivity index (χ0) is 13.8. The van der Waals surface area contributed by atoms with Gasteiger partial charge in [-0.1, -0.05) is 13.8 Å². The number of pyridine rings is 1. The van der Waals surface area contributed by atoms with Crippen LogP contribution in [-0.2, 0) is 4.74 Å². The first kappa shape index (κ1) is 14.5. The maximum atomic E-state index is 6.33. The van der Waals surface area contributed by atoms with E-state index >= 15 is 0 Å². The van der Waals surface area contributed by atoms with Crippen molar-refractivity contribution in [2.24, 2.45) is 17.6 Å². The Labute approximate surface area is 116 Å². The summed E-state index contributed by atoms with van der Waals surface area (Å²) in [7, 11) is 0. The number of aromatic nitrogens is 1. The molecule has 1 aliphatic rings. The highest BCUT2D eigenvalue weighted by Crippen LogP contribution is 2.33. The number of ether oxygens (including phenoxy) is 1. The molecule has 1 aromatic heterocycles. The molecular formula is C16H26N2O. The van der Waals surface area contributed by atoms with Crippen molar-refractivity contribution in [1.29, 1.82) is 0 Å². The van der Waals surface area contributed by atoms with Crippen molar-refractivity contribution in [3.05, 3.63) is 30.1 Å². The smallest absolute Gasteiger partial charge is 0.0977 e. The lowest BCUT2D eigenvalue weighted by atomic mass is 9.81. The van der Waals surface area contributed by atoms with E-state index in [0.717, 1.165) is 30.2 Å². The molecule has 2 N–H and O–H groups in total. The number of hydrogen-bond acceptors (Lipinski definition) is 3. The van der Waals surface area contributed by atoms with Crippen molar-refractivity contribution in [1.82, 2.24) is 4.98 Å². The SMILES string of the molecule is CC1CC(C)CC(OC(c2ccncc2)C(C)N)C1. The predicted octanol–water partition coefficient (Wildman–Crippen LogP) is 3.31. The second-order valence-corrected chi connectivity index (χ2v) is 6.24. The van der Waals surface area contributed by atoms with E-state index < -0.39 is 0 Å². The van der Waals surface area contributed by atoms with E-state index in [1.165, 1.54) is 6.42 Å². The van der Waals surface area contributed by atoms with Gasteiger partial charge in [0.05, 0.1) is 12.2 Å². The quantitative estimate of drug-likeness (QED) is 0.905. The number of nitrogens with two attached hydrogens (primary N) is 1. The zero-order valence-electron chi connectivity index (χ0n) is 12.3. The molecular weight excluding hydrogens is 236 g/mol. The molecule has 0 aromatic carbocycles. The summed E-state index contributed by atoms with van der Waals surface area (Å²) in [6, 6.07) is 4.00. The van der Waals surface area contributed by atoms with Crippen molar-refractivity contribution in [2.45, 2.75) is 58.3 Å². The lowest BCUT2D eigenvalue weighted by Gasteiger charge is -2.35. The van der Waals surface area contributed by atoms with Crippen molar-refractivity contribution in [2.75, 3.05) is 0 Å². The normalized spacial score (nSPS) is 30.8. The third-order valence-electron chi connectivity index (χ3n) is 3.99. The Balaban J connectivity index is 2.05. The van der Waals surface area contributed by atoms with Gasteiger partial charge in [-0.15, -0.1) is 0 Å². The van der Waals surface area contributed by atoms with Gasteiger partial charge in [0.1, 0.15) is 0 Å². The Bertz CT molecular complexity index is 370. The van der Waals surface area contributed by atoms with E-state index in [1.807, 2.05) is 19.1 Å². The van der Waals surface area contributed by atoms with Crippen molar-refractivity contribution in [3.63, 3.8) is 0 Å². The Kier molecular flexibility index (Phi) is 4.94. The van der Waals surface area contributed by atoms with Crippen molar-refractivity contribution >= 4 is 0 Å². The van der Waals surface area contributed by atoms with Gasteiger partial charge in [0, 0.05) is 18.4 Å². The Hall–Kier alpha value is -0.930. The maximum absolute atomic E-state index is 6.33. The van der Waals surface area contributed by atoms with Crippen LogP contribution < -0.4 is 5.73 Å². The monoisotopic (exact) mass is 262 g/mol. The van der Waals surface area contributed by atoms with Crippen molar-refractivity contribution < 1.29 is 4.74 Å². The van der Waals surface area contributed by atoms with Crippen LogP contribution in [0.5, 0.6) is 0 Å². The topological polar surface area (TPSA) is 48.1 Å². The zero-order valence-corrected chi connectivity index (χ0v) is 12.3. The molecule has 0 radical (unpaired) electrons. The molecule has 3 heteroatoms. The largest absolute Gasteiger partial charge is 0.369 e. The summed E-state index contributed by atoms with van der Waals surface area (Å²) in [6.07, 6.45) is 7.55. The lowest BCUT2D eigenvalue weighted by Crippen LogP contribution is -2.34. The molecule has 0 bridgehead atoms. The molecule has 1 saturated carbocycles. The molecule has 19 heavy (non-hydrogen) atoms. The molecule has 0 saturated heterocycles. The second-order valence-electron chi connectivity index (χ2n) is 6.24. The van der Waals surface area contributed by atoms with Gasteiger partial charge in [-0.2, -0.15) is 0 Å². The summed E-state index contributed by atoms with van der Waals surface area (Å²) in [5.41, 5.74) is 7.24. The van der Waals surface area contributed by atoms with Crippen LogP contribution in [-0.4, -0.2) is 17.1 Å². The molecule has 0 spiro atoms. The molecule has 0 amide bonds. The van der Waals surface area contributed by atoms with Gasteiger partial charge in [0.15, 0.2) is 0 Å². The first-order chi connectivity index (χ1) is 9.06. The third-order valence-corrected chi connectivity index (χ3v) is 3.99. The Morgan fingerprint density at radius 3 is 2.26 bits per heavy atom. The summed E-state index contributed by atoms with van der Waals surface area (Å²) >= 11 is 0. The van der Waals surface area contributed by atoms with E-state index in [-0.39, 0.29) is 12.1 Å². The second kappa shape index (κ2) is 6.49. The lowest BCUT2D eigenvalue weighted by molar-refractivity contribution is -0.0585.